The minimum Gasteiger partial charge on any atom is -0.491 e. The Morgan fingerprint density at radius 1 is 1.27 bits per heavy atom. The van der Waals surface area contributed by atoms with Gasteiger partial charge in [0.2, 0.25) is 0 Å². The lowest BCUT2D eigenvalue weighted by Gasteiger charge is -2.26. The molecule has 0 saturated carbocycles. The number of ether oxygens (including phenoxy) is 1. The number of nitrogens with zero attached hydrogens (tertiary/aromatic N) is 2. The number of rotatable bonds is 4. The molecule has 116 valence electrons. The zero-order chi connectivity index (χ0) is 15.5. The first kappa shape index (κ1) is 15.9. The quantitative estimate of drug-likeness (QED) is 0.703. The van der Waals surface area contributed by atoms with E-state index in [0.29, 0.717) is 16.7 Å². The van der Waals surface area contributed by atoms with Gasteiger partial charge in [-0.05, 0) is 43.2 Å². The van der Waals surface area contributed by atoms with Crippen LogP contribution in [0.5, 0.6) is 5.75 Å². The fourth-order valence-electron chi connectivity index (χ4n) is 2.63. The molecule has 0 aliphatic carbocycles. The minimum absolute atomic E-state index is 0.273. The van der Waals surface area contributed by atoms with Gasteiger partial charge in [0.1, 0.15) is 18.2 Å². The van der Waals surface area contributed by atoms with Crippen molar-refractivity contribution in [1.29, 1.82) is 0 Å². The van der Waals surface area contributed by atoms with Crippen molar-refractivity contribution in [3.05, 3.63) is 51.0 Å². The fraction of sp³-hybridized carbons (Fsp3) is 0.312. The second-order valence-corrected chi connectivity index (χ2v) is 6.97. The zero-order valence-electron chi connectivity index (χ0n) is 11.8. The first-order valence-electron chi connectivity index (χ1n) is 7.09. The first-order valence-corrected chi connectivity index (χ1v) is 8.64. The molecule has 3 nitrogen and oxygen atoms in total. The zero-order valence-corrected chi connectivity index (χ0v) is 14.9. The van der Waals surface area contributed by atoms with Crippen LogP contribution in [-0.4, -0.2) is 24.2 Å². The molecule has 0 radical (unpaired) electrons. The summed E-state index contributed by atoms with van der Waals surface area (Å²) in [5.74, 6) is 1.65. The molecule has 2 aromatic rings. The largest absolute Gasteiger partial charge is 0.491 e. The van der Waals surface area contributed by atoms with E-state index in [1.165, 1.54) is 0 Å². The molecule has 1 fully saturated rings. The molecular weight excluding hydrogens is 387 g/mol. The van der Waals surface area contributed by atoms with Crippen LogP contribution in [0.25, 0.3) is 0 Å². The molecule has 0 bridgehead atoms. The van der Waals surface area contributed by atoms with E-state index in [2.05, 4.69) is 25.8 Å². The lowest BCUT2D eigenvalue weighted by Crippen LogP contribution is -2.35. The third-order valence-electron chi connectivity index (χ3n) is 3.69. The maximum absolute atomic E-state index is 6.27. The number of aromatic nitrogens is 1. The highest BCUT2D eigenvalue weighted by molar-refractivity contribution is 9.10. The minimum atomic E-state index is 0.273. The summed E-state index contributed by atoms with van der Waals surface area (Å²) < 4.78 is 6.94. The van der Waals surface area contributed by atoms with Gasteiger partial charge in [0.25, 0.3) is 0 Å². The molecular formula is C16H15BrCl2N2O. The Balaban J connectivity index is 1.69. The second-order valence-electron chi connectivity index (χ2n) is 5.21. The predicted octanol–water partition coefficient (Wildman–Crippen LogP) is 5.20. The Morgan fingerprint density at radius 3 is 2.77 bits per heavy atom. The van der Waals surface area contributed by atoms with Crippen molar-refractivity contribution in [2.45, 2.75) is 18.9 Å². The van der Waals surface area contributed by atoms with Gasteiger partial charge in [-0.1, -0.05) is 39.1 Å². The molecule has 6 heteroatoms. The normalized spacial score (nSPS) is 17.8. The van der Waals surface area contributed by atoms with E-state index < -0.39 is 0 Å². The second kappa shape index (κ2) is 7.07. The van der Waals surface area contributed by atoms with E-state index in [1.807, 2.05) is 24.3 Å². The Kier molecular flexibility index (Phi) is 5.11. The SMILES string of the molecule is Clc1cnc(N2CCC[C@H]2COc2ccc(Br)cc2)c(Cl)c1. The number of halogens is 3. The molecule has 2 heterocycles. The number of pyridine rings is 1. The van der Waals surface area contributed by atoms with Crippen molar-refractivity contribution in [2.24, 2.45) is 0 Å². The average Bonchev–Trinajstić information content (AvgIpc) is 2.95. The molecule has 22 heavy (non-hydrogen) atoms. The highest BCUT2D eigenvalue weighted by atomic mass is 79.9. The Labute approximate surface area is 148 Å². The van der Waals surface area contributed by atoms with Gasteiger partial charge in [-0.2, -0.15) is 0 Å². The van der Waals surface area contributed by atoms with Gasteiger partial charge in [-0.3, -0.25) is 0 Å². The van der Waals surface area contributed by atoms with E-state index in [1.54, 1.807) is 12.3 Å². The topological polar surface area (TPSA) is 25.4 Å². The van der Waals surface area contributed by atoms with Crippen molar-refractivity contribution >= 4 is 44.9 Å². The van der Waals surface area contributed by atoms with Gasteiger partial charge in [-0.25, -0.2) is 4.98 Å². The van der Waals surface area contributed by atoms with Crippen LogP contribution in [0.2, 0.25) is 10.0 Å². The summed E-state index contributed by atoms with van der Waals surface area (Å²) >= 11 is 15.6. The van der Waals surface area contributed by atoms with Gasteiger partial charge in [-0.15, -0.1) is 0 Å². The Morgan fingerprint density at radius 2 is 2.05 bits per heavy atom. The van der Waals surface area contributed by atoms with E-state index in [-0.39, 0.29) is 6.04 Å². The molecule has 0 N–H and O–H groups in total. The molecule has 0 spiro atoms. The van der Waals surface area contributed by atoms with Gasteiger partial charge >= 0.3 is 0 Å². The van der Waals surface area contributed by atoms with Crippen LogP contribution in [0.3, 0.4) is 0 Å². The van der Waals surface area contributed by atoms with Crippen molar-refractivity contribution < 1.29 is 4.74 Å². The van der Waals surface area contributed by atoms with E-state index in [0.717, 1.165) is 35.4 Å². The number of hydrogen-bond donors (Lipinski definition) is 0. The summed E-state index contributed by atoms with van der Waals surface area (Å²) in [5, 5.41) is 1.14. The number of benzene rings is 1. The van der Waals surface area contributed by atoms with Crippen molar-refractivity contribution in [1.82, 2.24) is 4.98 Å². The highest BCUT2D eigenvalue weighted by Gasteiger charge is 2.27. The average molecular weight is 402 g/mol. The smallest absolute Gasteiger partial charge is 0.147 e. The number of hydrogen-bond acceptors (Lipinski definition) is 3. The predicted molar refractivity (Wildman–Crippen MR) is 94.3 cm³/mol. The van der Waals surface area contributed by atoms with Gasteiger partial charge < -0.3 is 9.64 Å². The van der Waals surface area contributed by atoms with Crippen LogP contribution in [0.1, 0.15) is 12.8 Å². The van der Waals surface area contributed by atoms with Crippen LogP contribution in [0.15, 0.2) is 41.0 Å². The molecule has 1 aromatic heterocycles. The van der Waals surface area contributed by atoms with E-state index in [9.17, 15) is 0 Å². The molecule has 0 amide bonds. The standard InChI is InChI=1S/C16H15BrCl2N2O/c17-11-3-5-14(6-4-11)22-10-13-2-1-7-21(13)16-15(19)8-12(18)9-20-16/h3-6,8-9,13H,1-2,7,10H2/t13-/m0/s1. The molecule has 1 aromatic carbocycles. The van der Waals surface area contributed by atoms with Gasteiger partial charge in [0.05, 0.1) is 16.1 Å². The van der Waals surface area contributed by atoms with Crippen molar-refractivity contribution in [2.75, 3.05) is 18.1 Å². The lowest BCUT2D eigenvalue weighted by molar-refractivity contribution is 0.288. The lowest BCUT2D eigenvalue weighted by atomic mass is 10.2. The van der Waals surface area contributed by atoms with Crippen LogP contribution in [-0.2, 0) is 0 Å². The van der Waals surface area contributed by atoms with Crippen molar-refractivity contribution in [3.8, 4) is 5.75 Å². The van der Waals surface area contributed by atoms with E-state index >= 15 is 0 Å². The molecule has 1 aliphatic heterocycles. The first-order chi connectivity index (χ1) is 10.6. The van der Waals surface area contributed by atoms with E-state index in [4.69, 9.17) is 27.9 Å². The summed E-state index contributed by atoms with van der Waals surface area (Å²) in [6.07, 6.45) is 3.81. The third kappa shape index (κ3) is 3.67. The monoisotopic (exact) mass is 400 g/mol. The van der Waals surface area contributed by atoms with Crippen molar-refractivity contribution in [3.63, 3.8) is 0 Å². The third-order valence-corrected chi connectivity index (χ3v) is 4.71. The van der Waals surface area contributed by atoms with Crippen LogP contribution >= 0.6 is 39.1 Å². The fourth-order valence-corrected chi connectivity index (χ4v) is 3.38. The summed E-state index contributed by atoms with van der Waals surface area (Å²) in [5.41, 5.74) is 0. The highest BCUT2D eigenvalue weighted by Crippen LogP contribution is 2.31. The maximum atomic E-state index is 6.27. The maximum Gasteiger partial charge on any atom is 0.147 e. The van der Waals surface area contributed by atoms with Gasteiger partial charge in [0.15, 0.2) is 0 Å². The van der Waals surface area contributed by atoms with Crippen LogP contribution in [0.4, 0.5) is 5.82 Å². The Bertz CT molecular complexity index is 651. The molecule has 1 saturated heterocycles. The summed E-state index contributed by atoms with van der Waals surface area (Å²) in [6.45, 7) is 1.55. The van der Waals surface area contributed by atoms with Crippen LogP contribution in [0, 0.1) is 0 Å². The van der Waals surface area contributed by atoms with Gasteiger partial charge in [0, 0.05) is 17.2 Å². The molecule has 1 atom stereocenters. The Hall–Kier alpha value is -0.970. The summed E-state index contributed by atoms with van der Waals surface area (Å²) in [7, 11) is 0. The molecule has 3 rings (SSSR count). The van der Waals surface area contributed by atoms with Crippen LogP contribution < -0.4 is 9.64 Å². The summed E-state index contributed by atoms with van der Waals surface area (Å²) in [4.78, 5) is 6.58. The molecule has 0 unspecified atom stereocenters. The summed E-state index contributed by atoms with van der Waals surface area (Å²) in [6, 6.07) is 9.86. The number of anilines is 1. The molecule has 1 aliphatic rings.